The summed E-state index contributed by atoms with van der Waals surface area (Å²) < 4.78 is 5.77. The van der Waals surface area contributed by atoms with E-state index in [1.54, 1.807) is 42.5 Å². The second kappa shape index (κ2) is 6.90. The third-order valence-corrected chi connectivity index (χ3v) is 3.12. The quantitative estimate of drug-likeness (QED) is 0.657. The van der Waals surface area contributed by atoms with E-state index in [0.29, 0.717) is 11.4 Å². The molecule has 0 radical (unpaired) electrons. The smallest absolute Gasteiger partial charge is 0.340 e. The molecule has 0 atom stereocenters. The molecule has 3 N–H and O–H groups in total. The van der Waals surface area contributed by atoms with Crippen LogP contribution >= 0.6 is 15.9 Å². The molecule has 0 aliphatic heterocycles. The molecule has 0 bridgehead atoms. The van der Waals surface area contributed by atoms with Crippen LogP contribution < -0.4 is 11.1 Å². The highest BCUT2D eigenvalue weighted by Crippen LogP contribution is 2.15. The van der Waals surface area contributed by atoms with Gasteiger partial charge in [0.05, 0.1) is 5.56 Å². The van der Waals surface area contributed by atoms with Crippen molar-refractivity contribution in [1.29, 1.82) is 0 Å². The number of hydrogen-bond acceptors (Lipinski definition) is 4. The first kappa shape index (κ1) is 15.1. The number of para-hydroxylation sites is 1. The maximum absolute atomic E-state index is 11.8. The number of rotatable bonds is 4. The van der Waals surface area contributed by atoms with E-state index in [-0.39, 0.29) is 12.2 Å². The molecule has 0 fully saturated rings. The van der Waals surface area contributed by atoms with Gasteiger partial charge in [0.25, 0.3) is 5.91 Å². The number of carbonyl (C=O) groups excluding carboxylic acids is 2. The summed E-state index contributed by atoms with van der Waals surface area (Å²) in [5.74, 6) is -1.05. The predicted molar refractivity (Wildman–Crippen MR) is 83.9 cm³/mol. The lowest BCUT2D eigenvalue weighted by molar-refractivity contribution is -0.119. The minimum absolute atomic E-state index is 0.243. The molecule has 0 aliphatic carbocycles. The summed E-state index contributed by atoms with van der Waals surface area (Å²) in [6.45, 7) is -0.375. The van der Waals surface area contributed by atoms with Crippen LogP contribution in [0.4, 0.5) is 11.4 Å². The highest BCUT2D eigenvalue weighted by Gasteiger charge is 2.12. The fourth-order valence-corrected chi connectivity index (χ4v) is 2.05. The molecule has 6 heteroatoms. The van der Waals surface area contributed by atoms with Crippen LogP contribution in [0.25, 0.3) is 0 Å². The van der Waals surface area contributed by atoms with Crippen molar-refractivity contribution >= 4 is 39.2 Å². The standard InChI is InChI=1S/C15H13BrN2O3/c16-10-4-3-5-11(8-10)18-14(19)9-21-15(20)12-6-1-2-7-13(12)17/h1-8H,9,17H2,(H,18,19). The number of carbonyl (C=O) groups is 2. The molecule has 0 saturated heterocycles. The molecule has 0 aliphatic rings. The van der Waals surface area contributed by atoms with Gasteiger partial charge in [-0.15, -0.1) is 0 Å². The zero-order chi connectivity index (χ0) is 15.2. The number of hydrogen-bond donors (Lipinski definition) is 2. The minimum Gasteiger partial charge on any atom is -0.452 e. The summed E-state index contributed by atoms with van der Waals surface area (Å²) in [6, 6.07) is 13.6. The van der Waals surface area contributed by atoms with Crippen LogP contribution in [0.3, 0.4) is 0 Å². The fraction of sp³-hybridized carbons (Fsp3) is 0.0667. The van der Waals surface area contributed by atoms with Gasteiger partial charge < -0.3 is 15.8 Å². The Morgan fingerprint density at radius 3 is 2.62 bits per heavy atom. The molecule has 21 heavy (non-hydrogen) atoms. The lowest BCUT2D eigenvalue weighted by Gasteiger charge is -2.08. The number of anilines is 2. The SMILES string of the molecule is Nc1ccccc1C(=O)OCC(=O)Nc1cccc(Br)c1. The van der Waals surface area contributed by atoms with Crippen LogP contribution in [0.2, 0.25) is 0 Å². The molecule has 2 aromatic rings. The van der Waals surface area contributed by atoms with Crippen LogP contribution in [-0.2, 0) is 9.53 Å². The van der Waals surface area contributed by atoms with Gasteiger partial charge in [-0.05, 0) is 30.3 Å². The largest absolute Gasteiger partial charge is 0.452 e. The van der Waals surface area contributed by atoms with Crippen molar-refractivity contribution in [2.24, 2.45) is 0 Å². The first-order chi connectivity index (χ1) is 10.1. The molecular weight excluding hydrogens is 336 g/mol. The molecule has 0 aromatic heterocycles. The van der Waals surface area contributed by atoms with Gasteiger partial charge in [-0.25, -0.2) is 4.79 Å². The summed E-state index contributed by atoms with van der Waals surface area (Å²) >= 11 is 3.30. The summed E-state index contributed by atoms with van der Waals surface area (Å²) in [4.78, 5) is 23.5. The van der Waals surface area contributed by atoms with Crippen molar-refractivity contribution in [2.45, 2.75) is 0 Å². The monoisotopic (exact) mass is 348 g/mol. The third kappa shape index (κ3) is 4.32. The predicted octanol–water partition coefficient (Wildman–Crippen LogP) is 2.83. The number of ether oxygens (including phenoxy) is 1. The molecular formula is C15H13BrN2O3. The maximum atomic E-state index is 11.8. The number of nitrogen functional groups attached to an aromatic ring is 1. The van der Waals surface area contributed by atoms with E-state index in [2.05, 4.69) is 21.2 Å². The average Bonchev–Trinajstić information content (AvgIpc) is 2.45. The molecule has 1 amide bonds. The second-order valence-corrected chi connectivity index (χ2v) is 5.14. The molecule has 0 unspecified atom stereocenters. The lowest BCUT2D eigenvalue weighted by atomic mass is 10.2. The number of nitrogens with two attached hydrogens (primary N) is 1. The second-order valence-electron chi connectivity index (χ2n) is 4.22. The van der Waals surface area contributed by atoms with E-state index in [1.165, 1.54) is 0 Å². The lowest BCUT2D eigenvalue weighted by Crippen LogP contribution is -2.21. The first-order valence-electron chi connectivity index (χ1n) is 6.13. The van der Waals surface area contributed by atoms with Crippen LogP contribution in [0.1, 0.15) is 10.4 Å². The molecule has 5 nitrogen and oxygen atoms in total. The highest BCUT2D eigenvalue weighted by molar-refractivity contribution is 9.10. The zero-order valence-electron chi connectivity index (χ0n) is 11.0. The molecule has 0 heterocycles. The van der Waals surface area contributed by atoms with E-state index in [9.17, 15) is 9.59 Å². The summed E-state index contributed by atoms with van der Waals surface area (Å²) in [7, 11) is 0. The Morgan fingerprint density at radius 1 is 1.14 bits per heavy atom. The Kier molecular flexibility index (Phi) is 4.94. The number of benzene rings is 2. The fourth-order valence-electron chi connectivity index (χ4n) is 1.66. The third-order valence-electron chi connectivity index (χ3n) is 2.62. The van der Waals surface area contributed by atoms with Gasteiger partial charge >= 0.3 is 5.97 Å². The van der Waals surface area contributed by atoms with Crippen molar-refractivity contribution in [2.75, 3.05) is 17.7 Å². The van der Waals surface area contributed by atoms with Gasteiger partial charge in [0.15, 0.2) is 6.61 Å². The number of nitrogens with one attached hydrogen (secondary N) is 1. The van der Waals surface area contributed by atoms with Gasteiger partial charge in [-0.3, -0.25) is 4.79 Å². The van der Waals surface area contributed by atoms with Gasteiger partial charge in [0.2, 0.25) is 0 Å². The van der Waals surface area contributed by atoms with Crippen LogP contribution in [0.15, 0.2) is 53.0 Å². The Bertz CT molecular complexity index is 673. The number of amides is 1. The Hall–Kier alpha value is -2.34. The molecule has 108 valence electrons. The Labute approximate surface area is 130 Å². The molecule has 0 saturated carbocycles. The van der Waals surface area contributed by atoms with Crippen molar-refractivity contribution in [3.05, 3.63) is 58.6 Å². The maximum Gasteiger partial charge on any atom is 0.340 e. The average molecular weight is 349 g/mol. The van der Waals surface area contributed by atoms with Crippen LogP contribution in [0, 0.1) is 0 Å². The van der Waals surface area contributed by atoms with E-state index in [4.69, 9.17) is 10.5 Å². The van der Waals surface area contributed by atoms with Crippen LogP contribution in [-0.4, -0.2) is 18.5 Å². The van der Waals surface area contributed by atoms with E-state index < -0.39 is 11.9 Å². The van der Waals surface area contributed by atoms with Crippen molar-refractivity contribution < 1.29 is 14.3 Å². The molecule has 0 spiro atoms. The summed E-state index contributed by atoms with van der Waals surface area (Å²) in [5.41, 5.74) is 6.83. The zero-order valence-corrected chi connectivity index (χ0v) is 12.6. The Morgan fingerprint density at radius 2 is 1.90 bits per heavy atom. The Balaban J connectivity index is 1.90. The first-order valence-corrected chi connectivity index (χ1v) is 6.92. The summed E-state index contributed by atoms with van der Waals surface area (Å²) in [6.07, 6.45) is 0. The van der Waals surface area contributed by atoms with Crippen molar-refractivity contribution in [3.8, 4) is 0 Å². The number of halogens is 1. The van der Waals surface area contributed by atoms with Gasteiger partial charge in [0, 0.05) is 15.8 Å². The van der Waals surface area contributed by atoms with Gasteiger partial charge in [-0.2, -0.15) is 0 Å². The van der Waals surface area contributed by atoms with Crippen molar-refractivity contribution in [3.63, 3.8) is 0 Å². The van der Waals surface area contributed by atoms with E-state index in [0.717, 1.165) is 4.47 Å². The van der Waals surface area contributed by atoms with Crippen molar-refractivity contribution in [1.82, 2.24) is 0 Å². The van der Waals surface area contributed by atoms with E-state index >= 15 is 0 Å². The van der Waals surface area contributed by atoms with Crippen LogP contribution in [0.5, 0.6) is 0 Å². The number of esters is 1. The van der Waals surface area contributed by atoms with Gasteiger partial charge in [-0.1, -0.05) is 34.1 Å². The highest BCUT2D eigenvalue weighted by atomic mass is 79.9. The topological polar surface area (TPSA) is 81.4 Å². The van der Waals surface area contributed by atoms with E-state index in [1.807, 2.05) is 6.07 Å². The molecule has 2 rings (SSSR count). The summed E-state index contributed by atoms with van der Waals surface area (Å²) in [5, 5.41) is 2.63. The van der Waals surface area contributed by atoms with Gasteiger partial charge in [0.1, 0.15) is 0 Å². The molecule has 2 aromatic carbocycles. The normalized spacial score (nSPS) is 9.95. The minimum atomic E-state index is -0.627.